The van der Waals surface area contributed by atoms with Crippen LogP contribution in [0.4, 0.5) is 10.5 Å². The molecule has 0 aromatic heterocycles. The zero-order valence-electron chi connectivity index (χ0n) is 13.7. The highest BCUT2D eigenvalue weighted by molar-refractivity contribution is 7.89. The standard InChI is InChI=1S/C16H25N3O3S/c1-3-13-5-7-14(8-6-13)17-16(20)18-15-9-11-19(12-10-15)23(21,22)4-2/h5-8,15H,3-4,9-12H2,1-2H3,(H2,17,18,20). The first-order valence-corrected chi connectivity index (χ1v) is 9.69. The minimum atomic E-state index is -3.12. The molecule has 1 saturated heterocycles. The number of carbonyl (C=O) groups excluding carboxylic acids is 1. The third-order valence-electron chi connectivity index (χ3n) is 4.17. The average Bonchev–Trinajstić information content (AvgIpc) is 2.56. The Morgan fingerprint density at radius 1 is 1.17 bits per heavy atom. The van der Waals surface area contributed by atoms with E-state index in [9.17, 15) is 13.2 Å². The van der Waals surface area contributed by atoms with Crippen molar-refractivity contribution in [2.24, 2.45) is 0 Å². The summed E-state index contributed by atoms with van der Waals surface area (Å²) in [7, 11) is -3.12. The normalized spacial score (nSPS) is 17.0. The van der Waals surface area contributed by atoms with E-state index >= 15 is 0 Å². The van der Waals surface area contributed by atoms with Crippen LogP contribution in [-0.4, -0.2) is 43.6 Å². The van der Waals surface area contributed by atoms with Crippen molar-refractivity contribution < 1.29 is 13.2 Å². The molecule has 2 rings (SSSR count). The van der Waals surface area contributed by atoms with E-state index in [1.165, 1.54) is 9.87 Å². The van der Waals surface area contributed by atoms with Crippen molar-refractivity contribution in [2.45, 2.75) is 39.2 Å². The van der Waals surface area contributed by atoms with E-state index in [1.54, 1.807) is 6.92 Å². The Bertz CT molecular complexity index is 620. The van der Waals surface area contributed by atoms with Crippen LogP contribution in [0.1, 0.15) is 32.3 Å². The Labute approximate surface area is 138 Å². The second-order valence-corrected chi connectivity index (χ2v) is 7.98. The predicted octanol–water partition coefficient (Wildman–Crippen LogP) is 2.18. The fraction of sp³-hybridized carbons (Fsp3) is 0.562. The van der Waals surface area contributed by atoms with Crippen molar-refractivity contribution >= 4 is 21.7 Å². The number of nitrogens with zero attached hydrogens (tertiary/aromatic N) is 1. The maximum absolute atomic E-state index is 12.0. The summed E-state index contributed by atoms with van der Waals surface area (Å²) in [5, 5.41) is 5.73. The summed E-state index contributed by atoms with van der Waals surface area (Å²) in [5.74, 6) is 0.124. The van der Waals surface area contributed by atoms with Gasteiger partial charge < -0.3 is 10.6 Å². The molecule has 0 bridgehead atoms. The van der Waals surface area contributed by atoms with E-state index in [1.807, 2.05) is 24.3 Å². The molecule has 2 amide bonds. The summed E-state index contributed by atoms with van der Waals surface area (Å²) in [6.45, 7) is 4.66. The number of urea groups is 1. The van der Waals surface area contributed by atoms with Crippen LogP contribution in [0.15, 0.2) is 24.3 Å². The first-order chi connectivity index (χ1) is 10.9. The fourth-order valence-corrected chi connectivity index (χ4v) is 3.77. The number of amides is 2. The highest BCUT2D eigenvalue weighted by atomic mass is 32.2. The van der Waals surface area contributed by atoms with Crippen LogP contribution in [0.5, 0.6) is 0 Å². The van der Waals surface area contributed by atoms with Gasteiger partial charge in [-0.1, -0.05) is 19.1 Å². The van der Waals surface area contributed by atoms with E-state index < -0.39 is 10.0 Å². The highest BCUT2D eigenvalue weighted by Crippen LogP contribution is 2.15. The Kier molecular flexibility index (Phi) is 6.01. The quantitative estimate of drug-likeness (QED) is 0.863. The second-order valence-electron chi connectivity index (χ2n) is 5.72. The first kappa shape index (κ1) is 17.7. The number of piperidine rings is 1. The number of rotatable bonds is 5. The summed E-state index contributed by atoms with van der Waals surface area (Å²) in [6, 6.07) is 7.51. The van der Waals surface area contributed by atoms with E-state index in [4.69, 9.17) is 0 Å². The molecule has 6 nitrogen and oxygen atoms in total. The van der Waals surface area contributed by atoms with Crippen LogP contribution in [0.2, 0.25) is 0 Å². The molecule has 0 unspecified atom stereocenters. The summed E-state index contributed by atoms with van der Waals surface area (Å²) in [6.07, 6.45) is 2.24. The van der Waals surface area contributed by atoms with Gasteiger partial charge in [-0.3, -0.25) is 0 Å². The lowest BCUT2D eigenvalue weighted by molar-refractivity contribution is 0.238. The molecule has 128 valence electrons. The third kappa shape index (κ3) is 4.94. The van der Waals surface area contributed by atoms with Crippen LogP contribution in [0.25, 0.3) is 0 Å². The molecule has 1 aromatic carbocycles. The van der Waals surface area contributed by atoms with Gasteiger partial charge in [-0.15, -0.1) is 0 Å². The van der Waals surface area contributed by atoms with Gasteiger partial charge in [0.15, 0.2) is 0 Å². The number of hydrogen-bond donors (Lipinski definition) is 2. The molecule has 2 N–H and O–H groups in total. The lowest BCUT2D eigenvalue weighted by Gasteiger charge is -2.31. The maximum atomic E-state index is 12.0. The van der Waals surface area contributed by atoms with Gasteiger partial charge in [0, 0.05) is 24.8 Å². The number of hydrogen-bond acceptors (Lipinski definition) is 3. The smallest absolute Gasteiger partial charge is 0.319 e. The number of benzene rings is 1. The second kappa shape index (κ2) is 7.79. The summed E-state index contributed by atoms with van der Waals surface area (Å²) < 4.78 is 25.1. The molecule has 1 fully saturated rings. The van der Waals surface area contributed by atoms with Gasteiger partial charge in [0.05, 0.1) is 5.75 Å². The van der Waals surface area contributed by atoms with Gasteiger partial charge in [-0.25, -0.2) is 17.5 Å². The number of carbonyl (C=O) groups is 1. The van der Waals surface area contributed by atoms with Crippen molar-refractivity contribution in [3.05, 3.63) is 29.8 Å². The van der Waals surface area contributed by atoms with Crippen LogP contribution in [0, 0.1) is 0 Å². The van der Waals surface area contributed by atoms with Gasteiger partial charge in [0.2, 0.25) is 10.0 Å². The minimum absolute atomic E-state index is 0.00761. The molecule has 0 atom stereocenters. The molecule has 7 heteroatoms. The molecule has 0 spiro atoms. The average molecular weight is 339 g/mol. The summed E-state index contributed by atoms with van der Waals surface area (Å²) in [4.78, 5) is 12.0. The Morgan fingerprint density at radius 3 is 2.30 bits per heavy atom. The summed E-state index contributed by atoms with van der Waals surface area (Å²) >= 11 is 0. The molecule has 23 heavy (non-hydrogen) atoms. The van der Waals surface area contributed by atoms with Crippen LogP contribution in [0.3, 0.4) is 0 Å². The number of anilines is 1. The molecule has 1 heterocycles. The first-order valence-electron chi connectivity index (χ1n) is 8.09. The van der Waals surface area contributed by atoms with Crippen molar-refractivity contribution in [2.75, 3.05) is 24.2 Å². The van der Waals surface area contributed by atoms with Gasteiger partial charge in [0.25, 0.3) is 0 Å². The van der Waals surface area contributed by atoms with Crippen LogP contribution >= 0.6 is 0 Å². The summed E-state index contributed by atoms with van der Waals surface area (Å²) in [5.41, 5.74) is 1.98. The van der Waals surface area contributed by atoms with Crippen molar-refractivity contribution in [3.63, 3.8) is 0 Å². The molecule has 1 aromatic rings. The van der Waals surface area contributed by atoms with Crippen LogP contribution < -0.4 is 10.6 Å². The van der Waals surface area contributed by atoms with Gasteiger partial charge in [-0.2, -0.15) is 0 Å². The van der Waals surface area contributed by atoms with E-state index in [0.717, 1.165) is 12.1 Å². The monoisotopic (exact) mass is 339 g/mol. The van der Waals surface area contributed by atoms with E-state index in [2.05, 4.69) is 17.6 Å². The van der Waals surface area contributed by atoms with E-state index in [-0.39, 0.29) is 17.8 Å². The molecule has 0 saturated carbocycles. The molecule has 1 aliphatic rings. The zero-order chi connectivity index (χ0) is 16.9. The van der Waals surface area contributed by atoms with E-state index in [0.29, 0.717) is 25.9 Å². The number of aryl methyl sites for hydroxylation is 1. The van der Waals surface area contributed by atoms with Gasteiger partial charge in [0.1, 0.15) is 0 Å². The molecule has 0 radical (unpaired) electrons. The Morgan fingerprint density at radius 2 is 1.78 bits per heavy atom. The zero-order valence-corrected chi connectivity index (χ0v) is 14.5. The van der Waals surface area contributed by atoms with Gasteiger partial charge in [-0.05, 0) is 43.9 Å². The molecular formula is C16H25N3O3S. The van der Waals surface area contributed by atoms with Crippen molar-refractivity contribution in [1.82, 2.24) is 9.62 Å². The van der Waals surface area contributed by atoms with Crippen molar-refractivity contribution in [3.8, 4) is 0 Å². The molecule has 0 aliphatic carbocycles. The minimum Gasteiger partial charge on any atom is -0.335 e. The largest absolute Gasteiger partial charge is 0.335 e. The predicted molar refractivity (Wildman–Crippen MR) is 92.0 cm³/mol. The van der Waals surface area contributed by atoms with Gasteiger partial charge >= 0.3 is 6.03 Å². The Hall–Kier alpha value is -1.60. The Balaban J connectivity index is 1.80. The highest BCUT2D eigenvalue weighted by Gasteiger charge is 2.27. The topological polar surface area (TPSA) is 78.5 Å². The fourth-order valence-electron chi connectivity index (χ4n) is 2.64. The van der Waals surface area contributed by atoms with Crippen LogP contribution in [-0.2, 0) is 16.4 Å². The lowest BCUT2D eigenvalue weighted by Crippen LogP contribution is -2.47. The SMILES string of the molecule is CCc1ccc(NC(=O)NC2CCN(S(=O)(=O)CC)CC2)cc1. The number of nitrogens with one attached hydrogen (secondary N) is 2. The third-order valence-corrected chi connectivity index (χ3v) is 6.05. The lowest BCUT2D eigenvalue weighted by atomic mass is 10.1. The number of sulfonamides is 1. The molecule has 1 aliphatic heterocycles. The maximum Gasteiger partial charge on any atom is 0.319 e. The molecular weight excluding hydrogens is 314 g/mol. The van der Waals surface area contributed by atoms with Crippen molar-refractivity contribution in [1.29, 1.82) is 0 Å².